The topological polar surface area (TPSA) is 64.1 Å². The minimum absolute atomic E-state index is 0.0413. The van der Waals surface area contributed by atoms with E-state index in [0.717, 1.165) is 0 Å². The Bertz CT molecular complexity index is 950. The summed E-state index contributed by atoms with van der Waals surface area (Å²) in [5.41, 5.74) is 0.778. The zero-order valence-corrected chi connectivity index (χ0v) is 15.5. The number of hydrogen-bond acceptors (Lipinski definition) is 4. The van der Waals surface area contributed by atoms with Crippen LogP contribution in [-0.4, -0.2) is 15.9 Å². The van der Waals surface area contributed by atoms with Gasteiger partial charge in [0.15, 0.2) is 5.82 Å². The summed E-state index contributed by atoms with van der Waals surface area (Å²) in [6.45, 7) is 0.0413. The Kier molecular flexibility index (Phi) is 5.93. The minimum atomic E-state index is -0.394. The van der Waals surface area contributed by atoms with E-state index in [-0.39, 0.29) is 12.4 Å². The molecule has 0 saturated carbocycles. The first-order chi connectivity index (χ1) is 12.5. The van der Waals surface area contributed by atoms with Gasteiger partial charge in [0.2, 0.25) is 0 Å². The zero-order chi connectivity index (χ0) is 18.5. The van der Waals surface area contributed by atoms with Crippen molar-refractivity contribution in [3.63, 3.8) is 0 Å². The van der Waals surface area contributed by atoms with Gasteiger partial charge in [-0.3, -0.25) is 9.78 Å². The smallest absolute Gasteiger partial charge is 0.258 e. The van der Waals surface area contributed by atoms with Gasteiger partial charge in [-0.25, -0.2) is 4.98 Å². The third-order valence-electron chi connectivity index (χ3n) is 3.38. The fourth-order valence-electron chi connectivity index (χ4n) is 2.15. The van der Waals surface area contributed by atoms with Gasteiger partial charge in [0.1, 0.15) is 12.4 Å². The number of anilines is 1. The summed E-state index contributed by atoms with van der Waals surface area (Å²) in [5, 5.41) is 3.91. The highest BCUT2D eigenvalue weighted by Crippen LogP contribution is 2.28. The number of rotatable bonds is 5. The first kappa shape index (κ1) is 18.5. The lowest BCUT2D eigenvalue weighted by Gasteiger charge is -2.12. The average molecular weight is 409 g/mol. The van der Waals surface area contributed by atoms with Crippen molar-refractivity contribution < 1.29 is 9.53 Å². The van der Waals surface area contributed by atoms with Gasteiger partial charge >= 0.3 is 0 Å². The number of hydrogen-bond donors (Lipinski definition) is 1. The van der Waals surface area contributed by atoms with E-state index in [9.17, 15) is 4.79 Å². The molecule has 0 atom stereocenters. The monoisotopic (exact) mass is 407 g/mol. The van der Waals surface area contributed by atoms with Crippen LogP contribution in [0, 0.1) is 0 Å². The number of nitrogens with one attached hydrogen (secondary N) is 1. The first-order valence-electron chi connectivity index (χ1n) is 7.48. The molecule has 0 bridgehead atoms. The highest BCUT2D eigenvalue weighted by Gasteiger charge is 2.15. The number of ether oxygens (including phenoxy) is 1. The number of carbonyl (C=O) groups is 1. The predicted molar refractivity (Wildman–Crippen MR) is 102 cm³/mol. The van der Waals surface area contributed by atoms with E-state index in [0.29, 0.717) is 32.1 Å². The molecule has 1 aromatic carbocycles. The molecule has 0 aliphatic heterocycles. The van der Waals surface area contributed by atoms with Gasteiger partial charge in [0.25, 0.3) is 5.91 Å². The Hall–Kier alpha value is -2.34. The van der Waals surface area contributed by atoms with Gasteiger partial charge in [-0.15, -0.1) is 0 Å². The molecule has 0 aliphatic rings. The highest BCUT2D eigenvalue weighted by atomic mass is 35.5. The number of benzene rings is 1. The summed E-state index contributed by atoms with van der Waals surface area (Å²) in [4.78, 5) is 20.8. The van der Waals surface area contributed by atoms with Crippen molar-refractivity contribution in [2.45, 2.75) is 6.61 Å². The molecule has 2 aromatic heterocycles. The molecule has 8 heteroatoms. The van der Waals surface area contributed by atoms with Crippen molar-refractivity contribution in [1.82, 2.24) is 9.97 Å². The second kappa shape index (κ2) is 8.36. The number of pyridine rings is 2. The summed E-state index contributed by atoms with van der Waals surface area (Å²) in [6, 6.07) is 11.5. The lowest BCUT2D eigenvalue weighted by Crippen LogP contribution is -2.17. The summed E-state index contributed by atoms with van der Waals surface area (Å²) in [7, 11) is 0. The molecule has 5 nitrogen and oxygen atoms in total. The Morgan fingerprint density at radius 2 is 1.77 bits per heavy atom. The fourth-order valence-corrected chi connectivity index (χ4v) is 2.65. The van der Waals surface area contributed by atoms with Crippen LogP contribution in [0.2, 0.25) is 15.1 Å². The zero-order valence-electron chi connectivity index (χ0n) is 13.2. The van der Waals surface area contributed by atoms with Crippen LogP contribution in [0.4, 0.5) is 5.82 Å². The Morgan fingerprint density at radius 1 is 1.00 bits per heavy atom. The second-order valence-electron chi connectivity index (χ2n) is 5.15. The molecule has 0 aliphatic carbocycles. The van der Waals surface area contributed by atoms with E-state index in [1.165, 1.54) is 6.20 Å². The van der Waals surface area contributed by atoms with Gasteiger partial charge in [-0.1, -0.05) is 34.8 Å². The largest absolute Gasteiger partial charge is 0.486 e. The molecule has 0 saturated heterocycles. The average Bonchev–Trinajstić information content (AvgIpc) is 2.64. The third-order valence-corrected chi connectivity index (χ3v) is 4.24. The van der Waals surface area contributed by atoms with Gasteiger partial charge in [-0.05, 0) is 36.4 Å². The van der Waals surface area contributed by atoms with Crippen molar-refractivity contribution in [2.24, 2.45) is 0 Å². The highest BCUT2D eigenvalue weighted by molar-refractivity contribution is 6.34. The molecule has 0 radical (unpaired) electrons. The van der Waals surface area contributed by atoms with E-state index in [1.54, 1.807) is 48.7 Å². The van der Waals surface area contributed by atoms with Crippen molar-refractivity contribution in [1.29, 1.82) is 0 Å². The standard InChI is InChI=1S/C18H12Cl3N3O2/c19-11-5-6-13(20)16(9-11)26-10-15-12(3-1-7-22-15)18(25)24-17-14(21)4-2-8-23-17/h1-9H,10H2,(H,23,24,25). The fraction of sp³-hybridized carbons (Fsp3) is 0.0556. The van der Waals surface area contributed by atoms with Crippen molar-refractivity contribution in [3.05, 3.63) is 81.2 Å². The Labute approximate surface area is 164 Å². The second-order valence-corrected chi connectivity index (χ2v) is 6.40. The lowest BCUT2D eigenvalue weighted by atomic mass is 10.2. The normalized spacial score (nSPS) is 10.4. The molecular weight excluding hydrogens is 397 g/mol. The molecule has 1 amide bonds. The predicted octanol–water partition coefficient (Wildman–Crippen LogP) is 5.27. The van der Waals surface area contributed by atoms with Crippen LogP contribution >= 0.6 is 34.8 Å². The molecular formula is C18H12Cl3N3O2. The maximum atomic E-state index is 12.6. The van der Waals surface area contributed by atoms with Crippen LogP contribution in [0.3, 0.4) is 0 Å². The molecule has 1 N–H and O–H groups in total. The summed E-state index contributed by atoms with van der Waals surface area (Å²) in [5.74, 6) is 0.284. The van der Waals surface area contributed by atoms with Gasteiger partial charge in [0, 0.05) is 23.5 Å². The van der Waals surface area contributed by atoms with Crippen LogP contribution < -0.4 is 10.1 Å². The van der Waals surface area contributed by atoms with Crippen molar-refractivity contribution in [3.8, 4) is 5.75 Å². The summed E-state index contributed by atoms with van der Waals surface area (Å²) < 4.78 is 5.67. The number of aromatic nitrogens is 2. The first-order valence-corrected chi connectivity index (χ1v) is 8.61. The number of nitrogens with zero attached hydrogens (tertiary/aromatic N) is 2. The lowest BCUT2D eigenvalue weighted by molar-refractivity contribution is 0.102. The third kappa shape index (κ3) is 4.43. The number of halogens is 3. The van der Waals surface area contributed by atoms with E-state index < -0.39 is 5.91 Å². The van der Waals surface area contributed by atoms with Crippen LogP contribution in [-0.2, 0) is 6.61 Å². The van der Waals surface area contributed by atoms with Crippen molar-refractivity contribution >= 4 is 46.5 Å². The molecule has 0 unspecified atom stereocenters. The molecule has 132 valence electrons. The SMILES string of the molecule is O=C(Nc1ncccc1Cl)c1cccnc1COc1cc(Cl)ccc1Cl. The van der Waals surface area contributed by atoms with Crippen LogP contribution in [0.5, 0.6) is 5.75 Å². The molecule has 2 heterocycles. The Balaban J connectivity index is 1.78. The van der Waals surface area contributed by atoms with E-state index in [1.807, 2.05) is 0 Å². The number of amides is 1. The van der Waals surface area contributed by atoms with Crippen LogP contribution in [0.15, 0.2) is 54.9 Å². The quantitative estimate of drug-likeness (QED) is 0.625. The Morgan fingerprint density at radius 3 is 2.58 bits per heavy atom. The number of carbonyl (C=O) groups excluding carboxylic acids is 1. The molecule has 26 heavy (non-hydrogen) atoms. The van der Waals surface area contributed by atoms with Crippen LogP contribution in [0.1, 0.15) is 16.1 Å². The maximum Gasteiger partial charge on any atom is 0.258 e. The summed E-state index contributed by atoms with van der Waals surface area (Å²) >= 11 is 18.1. The minimum Gasteiger partial charge on any atom is -0.486 e. The molecule has 3 rings (SSSR count). The molecule has 3 aromatic rings. The van der Waals surface area contributed by atoms with E-state index in [4.69, 9.17) is 39.5 Å². The van der Waals surface area contributed by atoms with Crippen LogP contribution in [0.25, 0.3) is 0 Å². The van der Waals surface area contributed by atoms with Gasteiger partial charge in [0.05, 0.1) is 21.3 Å². The van der Waals surface area contributed by atoms with Gasteiger partial charge in [-0.2, -0.15) is 0 Å². The van der Waals surface area contributed by atoms with Crippen molar-refractivity contribution in [2.75, 3.05) is 5.32 Å². The van der Waals surface area contributed by atoms with E-state index in [2.05, 4.69) is 15.3 Å². The maximum absolute atomic E-state index is 12.6. The van der Waals surface area contributed by atoms with E-state index >= 15 is 0 Å². The molecule has 0 spiro atoms. The molecule has 0 fully saturated rings. The summed E-state index contributed by atoms with van der Waals surface area (Å²) in [6.07, 6.45) is 3.11. The van der Waals surface area contributed by atoms with Gasteiger partial charge < -0.3 is 10.1 Å².